The molecule has 1 atom stereocenters. The van der Waals surface area contributed by atoms with Crippen molar-refractivity contribution in [2.45, 2.75) is 26.3 Å². The first-order chi connectivity index (χ1) is 9.19. The van der Waals surface area contributed by atoms with Crippen molar-refractivity contribution in [1.29, 1.82) is 0 Å². The van der Waals surface area contributed by atoms with Crippen molar-refractivity contribution < 1.29 is 4.79 Å². The molecule has 2 heterocycles. The second-order valence-electron chi connectivity index (χ2n) is 4.68. The molecule has 1 saturated heterocycles. The molecule has 0 spiro atoms. The van der Waals surface area contributed by atoms with Crippen LogP contribution in [0.15, 0.2) is 5.38 Å². The van der Waals surface area contributed by atoms with Gasteiger partial charge < -0.3 is 4.90 Å². The maximum absolute atomic E-state index is 11.5. The molecule has 0 N–H and O–H groups in total. The third-order valence-corrected chi connectivity index (χ3v) is 4.81. The van der Waals surface area contributed by atoms with E-state index in [2.05, 4.69) is 28.6 Å². The summed E-state index contributed by atoms with van der Waals surface area (Å²) in [6, 6.07) is 0.603. The summed E-state index contributed by atoms with van der Waals surface area (Å²) in [4.78, 5) is 20.7. The fourth-order valence-corrected chi connectivity index (χ4v) is 3.56. The number of halogens is 1. The molecule has 0 aromatic carbocycles. The van der Waals surface area contributed by atoms with Crippen molar-refractivity contribution in [1.82, 2.24) is 9.88 Å². The third-order valence-electron chi connectivity index (χ3n) is 3.66. The molecule has 1 aliphatic rings. The molecular weight excluding hydrogens is 282 g/mol. The predicted octanol–water partition coefficient (Wildman–Crippen LogP) is 2.49. The largest absolute Gasteiger partial charge is 0.346 e. The number of likely N-dealkylation sites (N-methyl/N-ethyl adjacent to an activating group) is 1. The van der Waals surface area contributed by atoms with E-state index in [0.29, 0.717) is 11.7 Å². The quantitative estimate of drug-likeness (QED) is 0.597. The van der Waals surface area contributed by atoms with Gasteiger partial charge in [0.1, 0.15) is 5.69 Å². The van der Waals surface area contributed by atoms with Gasteiger partial charge in [0.25, 0.3) is 0 Å². The van der Waals surface area contributed by atoms with Crippen molar-refractivity contribution in [3.8, 4) is 0 Å². The summed E-state index contributed by atoms with van der Waals surface area (Å²) in [6.07, 6.45) is 1.17. The minimum Gasteiger partial charge on any atom is -0.346 e. The smallest absolute Gasteiger partial charge is 0.196 e. The second kappa shape index (κ2) is 6.68. The van der Waals surface area contributed by atoms with E-state index in [9.17, 15) is 4.79 Å². The van der Waals surface area contributed by atoms with Crippen LogP contribution in [-0.4, -0.2) is 53.8 Å². The molecule has 1 aliphatic heterocycles. The molecular formula is C13H20ClN3OS. The number of hydrogen-bond acceptors (Lipinski definition) is 5. The van der Waals surface area contributed by atoms with Gasteiger partial charge in [-0.1, -0.05) is 13.8 Å². The highest BCUT2D eigenvalue weighted by Crippen LogP contribution is 2.26. The average molecular weight is 302 g/mol. The normalized spacial score (nSPS) is 19.4. The lowest BCUT2D eigenvalue weighted by Gasteiger charge is -2.25. The van der Waals surface area contributed by atoms with Crippen molar-refractivity contribution in [3.63, 3.8) is 0 Å². The highest BCUT2D eigenvalue weighted by Gasteiger charge is 2.28. The Labute approximate surface area is 123 Å². The Hall–Kier alpha value is -0.650. The molecule has 1 unspecified atom stereocenters. The van der Waals surface area contributed by atoms with E-state index in [1.54, 1.807) is 0 Å². The van der Waals surface area contributed by atoms with Gasteiger partial charge >= 0.3 is 0 Å². The molecule has 0 bridgehead atoms. The lowest BCUT2D eigenvalue weighted by Crippen LogP contribution is -2.37. The fourth-order valence-electron chi connectivity index (χ4n) is 2.56. The number of nitrogens with zero attached hydrogens (tertiary/aromatic N) is 3. The van der Waals surface area contributed by atoms with Crippen molar-refractivity contribution in [2.75, 3.05) is 37.0 Å². The number of ketones is 1. The Morgan fingerprint density at radius 1 is 1.58 bits per heavy atom. The number of carbonyl (C=O) groups excluding carboxylic acids is 1. The van der Waals surface area contributed by atoms with E-state index in [0.717, 1.165) is 31.3 Å². The predicted molar refractivity (Wildman–Crippen MR) is 80.7 cm³/mol. The zero-order valence-corrected chi connectivity index (χ0v) is 13.0. The van der Waals surface area contributed by atoms with Crippen LogP contribution >= 0.6 is 22.9 Å². The first-order valence-corrected chi connectivity index (χ1v) is 8.14. The van der Waals surface area contributed by atoms with Gasteiger partial charge in [0, 0.05) is 24.5 Å². The first kappa shape index (κ1) is 14.8. The van der Waals surface area contributed by atoms with Crippen LogP contribution in [0.4, 0.5) is 5.13 Å². The molecule has 1 aromatic rings. The van der Waals surface area contributed by atoms with Crippen LogP contribution in [0, 0.1) is 0 Å². The number of carbonyl (C=O) groups is 1. The van der Waals surface area contributed by atoms with E-state index in [-0.39, 0.29) is 11.7 Å². The molecule has 1 fully saturated rings. The highest BCUT2D eigenvalue weighted by atomic mass is 35.5. The topological polar surface area (TPSA) is 36.4 Å². The molecule has 19 heavy (non-hydrogen) atoms. The van der Waals surface area contributed by atoms with E-state index < -0.39 is 0 Å². The molecule has 1 aromatic heterocycles. The number of aromatic nitrogens is 1. The summed E-state index contributed by atoms with van der Waals surface area (Å²) >= 11 is 7.09. The molecule has 0 radical (unpaired) electrons. The van der Waals surface area contributed by atoms with Gasteiger partial charge in [-0.2, -0.15) is 0 Å². The van der Waals surface area contributed by atoms with Crippen LogP contribution < -0.4 is 4.90 Å². The van der Waals surface area contributed by atoms with E-state index in [1.807, 2.05) is 5.38 Å². The summed E-state index contributed by atoms with van der Waals surface area (Å²) in [7, 11) is 0. The maximum Gasteiger partial charge on any atom is 0.196 e. The van der Waals surface area contributed by atoms with Crippen LogP contribution in [0.3, 0.4) is 0 Å². The number of anilines is 1. The maximum atomic E-state index is 11.5. The molecule has 106 valence electrons. The zero-order chi connectivity index (χ0) is 13.8. The summed E-state index contributed by atoms with van der Waals surface area (Å²) < 4.78 is 0. The van der Waals surface area contributed by atoms with E-state index in [1.165, 1.54) is 17.8 Å². The number of alkyl halides is 1. The van der Waals surface area contributed by atoms with Gasteiger partial charge in [0.2, 0.25) is 0 Å². The Kier molecular flexibility index (Phi) is 5.19. The summed E-state index contributed by atoms with van der Waals surface area (Å²) in [5.41, 5.74) is 0.501. The Morgan fingerprint density at radius 2 is 2.32 bits per heavy atom. The van der Waals surface area contributed by atoms with Gasteiger partial charge in [0.05, 0.1) is 5.88 Å². The molecule has 2 rings (SSSR count). The third kappa shape index (κ3) is 3.27. The zero-order valence-electron chi connectivity index (χ0n) is 11.4. The van der Waals surface area contributed by atoms with Gasteiger partial charge in [0.15, 0.2) is 10.9 Å². The number of Topliss-reactive ketones (excluding diaryl/α,β-unsaturated/α-hetero) is 1. The van der Waals surface area contributed by atoms with Crippen molar-refractivity contribution in [3.05, 3.63) is 11.1 Å². The van der Waals surface area contributed by atoms with Gasteiger partial charge in [-0.05, 0) is 19.5 Å². The number of rotatable bonds is 6. The van der Waals surface area contributed by atoms with E-state index in [4.69, 9.17) is 11.6 Å². The van der Waals surface area contributed by atoms with Crippen LogP contribution in [0.2, 0.25) is 0 Å². The van der Waals surface area contributed by atoms with Crippen molar-refractivity contribution in [2.24, 2.45) is 0 Å². The fraction of sp³-hybridized carbons (Fsp3) is 0.692. The monoisotopic (exact) mass is 301 g/mol. The molecule has 4 nitrogen and oxygen atoms in total. The highest BCUT2D eigenvalue weighted by molar-refractivity contribution is 7.14. The van der Waals surface area contributed by atoms with Crippen LogP contribution in [-0.2, 0) is 0 Å². The van der Waals surface area contributed by atoms with E-state index >= 15 is 0 Å². The van der Waals surface area contributed by atoms with Gasteiger partial charge in [-0.15, -0.1) is 22.9 Å². The van der Waals surface area contributed by atoms with Gasteiger partial charge in [-0.25, -0.2) is 4.98 Å². The summed E-state index contributed by atoms with van der Waals surface area (Å²) in [6.45, 7) is 8.60. The second-order valence-corrected chi connectivity index (χ2v) is 5.79. The number of hydrogen-bond donors (Lipinski definition) is 0. The summed E-state index contributed by atoms with van der Waals surface area (Å²) in [5, 5.41) is 2.76. The van der Waals surface area contributed by atoms with Crippen LogP contribution in [0.5, 0.6) is 0 Å². The molecule has 0 aliphatic carbocycles. The SMILES string of the molecule is CCN(CC)C1CCN(c2nc(C(=O)CCl)cs2)C1. The summed E-state index contributed by atoms with van der Waals surface area (Å²) in [5.74, 6) is -0.0886. The lowest BCUT2D eigenvalue weighted by molar-refractivity contribution is 0.101. The number of thiazole rings is 1. The Bertz CT molecular complexity index is 433. The molecule has 0 amide bonds. The minimum absolute atomic E-state index is 0.00520. The standard InChI is InChI=1S/C13H20ClN3OS/c1-3-16(4-2)10-5-6-17(8-10)13-15-11(9-19-13)12(18)7-14/h9-10H,3-8H2,1-2H3. The molecule has 6 heteroatoms. The Morgan fingerprint density at radius 3 is 2.95 bits per heavy atom. The first-order valence-electron chi connectivity index (χ1n) is 6.73. The Balaban J connectivity index is 2.00. The minimum atomic E-state index is -0.0938. The van der Waals surface area contributed by atoms with Crippen LogP contribution in [0.25, 0.3) is 0 Å². The average Bonchev–Trinajstić information content (AvgIpc) is 3.07. The van der Waals surface area contributed by atoms with Crippen molar-refractivity contribution >= 4 is 33.9 Å². The lowest BCUT2D eigenvalue weighted by atomic mass is 10.2. The van der Waals surface area contributed by atoms with Gasteiger partial charge in [-0.3, -0.25) is 9.69 Å². The van der Waals surface area contributed by atoms with Crippen LogP contribution in [0.1, 0.15) is 30.8 Å². The molecule has 0 saturated carbocycles.